The number of anilines is 1. The summed E-state index contributed by atoms with van der Waals surface area (Å²) in [5, 5.41) is 50.1. The van der Waals surface area contributed by atoms with Gasteiger partial charge in [0.05, 0.1) is 18.2 Å². The van der Waals surface area contributed by atoms with E-state index >= 15 is 0 Å². The number of nitrogens with two attached hydrogens (primary N) is 2. The van der Waals surface area contributed by atoms with E-state index in [1.54, 1.807) is 31.2 Å². The van der Waals surface area contributed by atoms with Crippen molar-refractivity contribution in [2.75, 3.05) is 11.9 Å². The van der Waals surface area contributed by atoms with E-state index in [1.165, 1.54) is 32.0 Å². The Labute approximate surface area is 219 Å². The number of nitrogens with one attached hydrogen (secondary N) is 2. The maximum absolute atomic E-state index is 12.9. The van der Waals surface area contributed by atoms with E-state index in [0.717, 1.165) is 6.92 Å². The molecule has 12 nitrogen and oxygen atoms in total. The Bertz CT molecular complexity index is 1230. The maximum Gasteiger partial charge on any atom is 0.342 e. The molecule has 12 heteroatoms. The lowest BCUT2D eigenvalue weighted by Gasteiger charge is -2.48. The highest BCUT2D eigenvalue weighted by Gasteiger charge is 2.76. The number of ether oxygens (including phenoxy) is 1. The monoisotopic (exact) mass is 530 g/mol. The van der Waals surface area contributed by atoms with Crippen molar-refractivity contribution in [1.82, 2.24) is 5.32 Å². The zero-order valence-corrected chi connectivity index (χ0v) is 21.6. The second-order valence-electron chi connectivity index (χ2n) is 9.86. The highest BCUT2D eigenvalue weighted by atomic mass is 16.5. The number of rotatable bonds is 8. The lowest BCUT2D eigenvalue weighted by molar-refractivity contribution is -0.185. The first-order chi connectivity index (χ1) is 17.6. The van der Waals surface area contributed by atoms with Gasteiger partial charge in [0.15, 0.2) is 11.4 Å². The van der Waals surface area contributed by atoms with Gasteiger partial charge >= 0.3 is 12.0 Å². The number of primary amides is 1. The predicted octanol–water partition coefficient (Wildman–Crippen LogP) is 0.152. The summed E-state index contributed by atoms with van der Waals surface area (Å²) in [5.74, 6) is -1.57. The van der Waals surface area contributed by atoms with Crippen LogP contribution in [0.5, 0.6) is 5.75 Å². The zero-order chi connectivity index (χ0) is 28.6. The van der Waals surface area contributed by atoms with Crippen molar-refractivity contribution in [3.63, 3.8) is 0 Å². The molecule has 0 radical (unpaired) electrons. The number of benzene rings is 2. The summed E-state index contributed by atoms with van der Waals surface area (Å²) in [6.45, 7) is 4.45. The van der Waals surface area contributed by atoms with Crippen molar-refractivity contribution >= 4 is 23.5 Å². The molecule has 2 aromatic rings. The fraction of sp³-hybridized carbons (Fsp3) is 0.423. The van der Waals surface area contributed by atoms with Gasteiger partial charge < -0.3 is 47.3 Å². The first-order valence-corrected chi connectivity index (χ1v) is 11.9. The van der Waals surface area contributed by atoms with Crippen LogP contribution in [0.2, 0.25) is 0 Å². The molecule has 10 N–H and O–H groups in total. The third-order valence-electron chi connectivity index (χ3n) is 7.51. The number of Topliss-reactive ketones (excluding diaryl/α,β-unsaturated/α-hetero) is 1. The molecule has 2 aromatic carbocycles. The van der Waals surface area contributed by atoms with Gasteiger partial charge in [-0.05, 0) is 51.5 Å². The number of hydrogen-bond donors (Lipinski definition) is 8. The third kappa shape index (κ3) is 4.56. The second kappa shape index (κ2) is 10.2. The summed E-state index contributed by atoms with van der Waals surface area (Å²) >= 11 is 0. The molecule has 0 aromatic heterocycles. The van der Waals surface area contributed by atoms with E-state index in [0.29, 0.717) is 16.8 Å². The van der Waals surface area contributed by atoms with E-state index in [2.05, 4.69) is 10.6 Å². The molecule has 1 aliphatic rings. The molecule has 0 unspecified atom stereocenters. The lowest BCUT2D eigenvalue weighted by atomic mass is 9.73. The molecule has 1 aliphatic carbocycles. The lowest BCUT2D eigenvalue weighted by Crippen LogP contribution is -2.76. The number of urea groups is 1. The van der Waals surface area contributed by atoms with Crippen molar-refractivity contribution in [3.8, 4) is 5.75 Å². The number of esters is 1. The Kier molecular flexibility index (Phi) is 7.76. The van der Waals surface area contributed by atoms with Gasteiger partial charge in [0.25, 0.3) is 0 Å². The van der Waals surface area contributed by atoms with Gasteiger partial charge in [-0.25, -0.2) is 9.59 Å². The topological polar surface area (TPSA) is 217 Å². The molecule has 0 bridgehead atoms. The Balaban J connectivity index is 2.11. The summed E-state index contributed by atoms with van der Waals surface area (Å²) in [7, 11) is 0. The first-order valence-electron chi connectivity index (χ1n) is 11.9. The molecule has 38 heavy (non-hydrogen) atoms. The van der Waals surface area contributed by atoms with Crippen molar-refractivity contribution in [1.29, 1.82) is 0 Å². The molecule has 0 spiro atoms. The number of carbonyl (C=O) groups is 3. The molecule has 2 amide bonds. The normalized spacial score (nSPS) is 29.4. The van der Waals surface area contributed by atoms with Crippen LogP contribution in [0.1, 0.15) is 47.1 Å². The fourth-order valence-electron chi connectivity index (χ4n) is 5.36. The van der Waals surface area contributed by atoms with Gasteiger partial charge in [-0.2, -0.15) is 0 Å². The maximum atomic E-state index is 12.9. The number of phenolic OH excluding ortho intramolecular Hbond substituents is 1. The Morgan fingerprint density at radius 1 is 1.16 bits per heavy atom. The quantitative estimate of drug-likeness (QED) is 0.171. The number of carbonyl (C=O) groups excluding carboxylic acids is 3. The first kappa shape index (κ1) is 28.9. The number of hydrogen-bond acceptors (Lipinski definition) is 10. The molecular weight excluding hydrogens is 496 g/mol. The summed E-state index contributed by atoms with van der Waals surface area (Å²) < 4.78 is 5.38. The zero-order valence-electron chi connectivity index (χ0n) is 21.6. The minimum Gasteiger partial charge on any atom is -0.507 e. The molecule has 1 fully saturated rings. The number of aromatic hydroxyl groups is 1. The molecule has 0 saturated heterocycles. The van der Waals surface area contributed by atoms with E-state index in [4.69, 9.17) is 16.2 Å². The fourth-order valence-corrected chi connectivity index (χ4v) is 5.36. The van der Waals surface area contributed by atoms with Gasteiger partial charge in [0.1, 0.15) is 29.1 Å². The molecule has 1 saturated carbocycles. The SMILES string of the molecule is CC(=O)c1cccc(N[C@@H]2[C@@H](N)[C@](NC(N)=O)([C@@H](C)O)[C@](C)(O)[C@]2(O)COC(=O)c2c(C)cccc2O)c1. The van der Waals surface area contributed by atoms with Crippen LogP contribution in [0.4, 0.5) is 10.5 Å². The van der Waals surface area contributed by atoms with Crippen molar-refractivity contribution in [2.45, 2.75) is 62.6 Å². The number of phenols is 1. The summed E-state index contributed by atoms with van der Waals surface area (Å²) in [6.07, 6.45) is -1.56. The largest absolute Gasteiger partial charge is 0.507 e. The van der Waals surface area contributed by atoms with Crippen LogP contribution in [0.25, 0.3) is 0 Å². The van der Waals surface area contributed by atoms with Gasteiger partial charge in [-0.1, -0.05) is 24.3 Å². The molecule has 0 aliphatic heterocycles. The van der Waals surface area contributed by atoms with Crippen LogP contribution in [-0.4, -0.2) is 79.7 Å². The second-order valence-corrected chi connectivity index (χ2v) is 9.86. The van der Waals surface area contributed by atoms with E-state index < -0.39 is 53.5 Å². The summed E-state index contributed by atoms with van der Waals surface area (Å²) in [4.78, 5) is 36.8. The van der Waals surface area contributed by atoms with Crippen molar-refractivity contribution in [2.24, 2.45) is 11.5 Å². The number of amides is 2. The van der Waals surface area contributed by atoms with Crippen molar-refractivity contribution in [3.05, 3.63) is 59.2 Å². The van der Waals surface area contributed by atoms with E-state index in [-0.39, 0.29) is 17.1 Å². The highest BCUT2D eigenvalue weighted by Crippen LogP contribution is 2.49. The molecule has 206 valence electrons. The summed E-state index contributed by atoms with van der Waals surface area (Å²) in [6, 6.07) is 6.72. The van der Waals surface area contributed by atoms with Gasteiger partial charge in [0, 0.05) is 11.3 Å². The number of aryl methyl sites for hydroxylation is 1. The van der Waals surface area contributed by atoms with Crippen LogP contribution < -0.4 is 22.1 Å². The van der Waals surface area contributed by atoms with Gasteiger partial charge in [-0.3, -0.25) is 4.79 Å². The minimum atomic E-state index is -2.45. The standard InChI is InChI=1S/C26H34N4O8/c1-13-7-5-10-18(33)19(13)22(34)38-12-25(37)21(29-17-9-6-8-16(11-17)14(2)31)20(27)26(15(3)32,24(25,4)36)30-23(28)35/h5-11,15,20-21,29,32-33,36-37H,12,27H2,1-4H3,(H3,28,30,35)/t15-,20-,21-,24-,25+,26-/m1/s1. The number of aliphatic hydroxyl groups is 3. The van der Waals surface area contributed by atoms with Crippen LogP contribution in [-0.2, 0) is 4.74 Å². The Morgan fingerprint density at radius 2 is 1.79 bits per heavy atom. The Morgan fingerprint density at radius 3 is 2.34 bits per heavy atom. The van der Waals surface area contributed by atoms with Crippen LogP contribution in [0.15, 0.2) is 42.5 Å². The van der Waals surface area contributed by atoms with Gasteiger partial charge in [-0.15, -0.1) is 0 Å². The van der Waals surface area contributed by atoms with Crippen LogP contribution in [0, 0.1) is 6.92 Å². The van der Waals surface area contributed by atoms with E-state index in [9.17, 15) is 34.8 Å². The average Bonchev–Trinajstić information content (AvgIpc) is 2.94. The van der Waals surface area contributed by atoms with Gasteiger partial charge in [0.2, 0.25) is 0 Å². The molecule has 3 rings (SSSR count). The number of aliphatic hydroxyl groups excluding tert-OH is 1. The van der Waals surface area contributed by atoms with Crippen LogP contribution in [0.3, 0.4) is 0 Å². The molecule has 6 atom stereocenters. The smallest absolute Gasteiger partial charge is 0.342 e. The molecule has 0 heterocycles. The number of ketones is 1. The predicted molar refractivity (Wildman–Crippen MR) is 138 cm³/mol. The minimum absolute atomic E-state index is 0.145. The van der Waals surface area contributed by atoms with E-state index in [1.807, 2.05) is 0 Å². The molecular formula is C26H34N4O8. The van der Waals surface area contributed by atoms with Crippen LogP contribution >= 0.6 is 0 Å². The summed E-state index contributed by atoms with van der Waals surface area (Å²) in [5.41, 5.74) is 5.77. The third-order valence-corrected chi connectivity index (χ3v) is 7.51. The van der Waals surface area contributed by atoms with Crippen molar-refractivity contribution < 1.29 is 39.5 Å². The highest BCUT2D eigenvalue weighted by molar-refractivity contribution is 5.95. The average molecular weight is 531 g/mol. The Hall–Kier alpha value is -3.71.